The summed E-state index contributed by atoms with van der Waals surface area (Å²) in [5.74, 6) is 0.891. The molecule has 4 rings (SSSR count). The molecule has 23 heavy (non-hydrogen) atoms. The van der Waals surface area contributed by atoms with Crippen molar-refractivity contribution in [2.45, 2.75) is 6.54 Å². The van der Waals surface area contributed by atoms with Crippen molar-refractivity contribution in [3.05, 3.63) is 42.2 Å². The van der Waals surface area contributed by atoms with Crippen LogP contribution >= 0.6 is 0 Å². The maximum absolute atomic E-state index is 4.46. The highest BCUT2D eigenvalue weighted by Crippen LogP contribution is 2.21. The molecule has 1 fully saturated rings. The van der Waals surface area contributed by atoms with E-state index in [-0.39, 0.29) is 0 Å². The molecule has 1 aromatic carbocycles. The summed E-state index contributed by atoms with van der Waals surface area (Å²) in [5.41, 5.74) is 2.75. The van der Waals surface area contributed by atoms with Crippen LogP contribution in [0.25, 0.3) is 11.2 Å². The molecule has 7 nitrogen and oxygen atoms in total. The van der Waals surface area contributed by atoms with Crippen molar-refractivity contribution in [3.63, 3.8) is 0 Å². The van der Waals surface area contributed by atoms with Crippen LogP contribution in [0.1, 0.15) is 5.56 Å². The minimum absolute atomic E-state index is 0.663. The Labute approximate surface area is 134 Å². The van der Waals surface area contributed by atoms with Crippen molar-refractivity contribution in [3.8, 4) is 0 Å². The van der Waals surface area contributed by atoms with Crippen LogP contribution in [0.3, 0.4) is 0 Å². The lowest BCUT2D eigenvalue weighted by molar-refractivity contribution is 0.312. The van der Waals surface area contributed by atoms with Gasteiger partial charge in [0.25, 0.3) is 0 Å². The van der Waals surface area contributed by atoms with Gasteiger partial charge in [0.15, 0.2) is 17.0 Å². The molecule has 1 saturated heterocycles. The number of rotatable bonds is 3. The SMILES string of the molecule is CN1CCN(c2ncnc3c2nnn3Cc2ccccc2)CC1. The highest BCUT2D eigenvalue weighted by atomic mass is 15.4. The molecule has 0 spiro atoms. The van der Waals surface area contributed by atoms with E-state index in [1.807, 2.05) is 22.9 Å². The van der Waals surface area contributed by atoms with Crippen LogP contribution in [0, 0.1) is 0 Å². The number of benzene rings is 1. The molecule has 0 unspecified atom stereocenters. The van der Waals surface area contributed by atoms with Crippen molar-refractivity contribution >= 4 is 17.0 Å². The number of piperazine rings is 1. The second kappa shape index (κ2) is 5.92. The number of anilines is 1. The number of likely N-dealkylation sites (N-methyl/N-ethyl adjacent to an activating group) is 1. The van der Waals surface area contributed by atoms with Crippen molar-refractivity contribution < 1.29 is 0 Å². The minimum atomic E-state index is 0.663. The van der Waals surface area contributed by atoms with E-state index in [1.54, 1.807) is 6.33 Å². The fraction of sp³-hybridized carbons (Fsp3) is 0.375. The van der Waals surface area contributed by atoms with Crippen molar-refractivity contribution in [1.29, 1.82) is 0 Å². The zero-order chi connectivity index (χ0) is 15.6. The molecule has 1 aliphatic heterocycles. The predicted octanol–water partition coefficient (Wildman–Crippen LogP) is 1.02. The van der Waals surface area contributed by atoms with Crippen molar-refractivity contribution in [1.82, 2.24) is 29.9 Å². The fourth-order valence-corrected chi connectivity index (χ4v) is 2.89. The number of nitrogens with zero attached hydrogens (tertiary/aromatic N) is 7. The molecule has 0 aliphatic carbocycles. The van der Waals surface area contributed by atoms with Crippen LogP contribution < -0.4 is 4.90 Å². The van der Waals surface area contributed by atoms with E-state index >= 15 is 0 Å². The standard InChI is InChI=1S/C16H19N7/c1-21-7-9-22(10-8-21)15-14-16(18-12-17-15)23(20-19-14)11-13-5-3-2-4-6-13/h2-6,12H,7-11H2,1H3. The Morgan fingerprint density at radius 1 is 1.00 bits per heavy atom. The van der Waals surface area contributed by atoms with Gasteiger partial charge < -0.3 is 9.80 Å². The molecule has 0 N–H and O–H groups in total. The summed E-state index contributed by atoms with van der Waals surface area (Å²) >= 11 is 0. The average Bonchev–Trinajstić information content (AvgIpc) is 3.00. The van der Waals surface area contributed by atoms with Gasteiger partial charge in [-0.2, -0.15) is 0 Å². The van der Waals surface area contributed by atoms with Gasteiger partial charge in [-0.1, -0.05) is 35.5 Å². The van der Waals surface area contributed by atoms with Crippen LogP contribution in [0.5, 0.6) is 0 Å². The van der Waals surface area contributed by atoms with Crippen LogP contribution in [-0.4, -0.2) is 63.1 Å². The average molecular weight is 309 g/mol. The molecule has 118 valence electrons. The van der Waals surface area contributed by atoms with Crippen LogP contribution in [-0.2, 0) is 6.54 Å². The van der Waals surface area contributed by atoms with Crippen molar-refractivity contribution in [2.75, 3.05) is 38.1 Å². The van der Waals surface area contributed by atoms with Gasteiger partial charge in [0.05, 0.1) is 6.54 Å². The first kappa shape index (κ1) is 14.1. The second-order valence-electron chi connectivity index (χ2n) is 5.89. The fourth-order valence-electron chi connectivity index (χ4n) is 2.89. The Balaban J connectivity index is 1.66. The Morgan fingerprint density at radius 3 is 2.57 bits per heavy atom. The lowest BCUT2D eigenvalue weighted by atomic mass is 10.2. The van der Waals surface area contributed by atoms with Gasteiger partial charge in [-0.25, -0.2) is 14.6 Å². The summed E-state index contributed by atoms with van der Waals surface area (Å²) in [4.78, 5) is 13.4. The highest BCUT2D eigenvalue weighted by Gasteiger charge is 2.20. The quantitative estimate of drug-likeness (QED) is 0.720. The van der Waals surface area contributed by atoms with E-state index in [9.17, 15) is 0 Å². The third-order valence-corrected chi connectivity index (χ3v) is 4.26. The monoisotopic (exact) mass is 309 g/mol. The molecule has 0 bridgehead atoms. The Hall–Kier alpha value is -2.54. The van der Waals surface area contributed by atoms with E-state index in [0.717, 1.165) is 43.2 Å². The molecule has 7 heteroatoms. The third kappa shape index (κ3) is 2.75. The maximum atomic E-state index is 4.46. The molecular formula is C16H19N7. The lowest BCUT2D eigenvalue weighted by Crippen LogP contribution is -2.44. The largest absolute Gasteiger partial charge is 0.352 e. The Kier molecular flexibility index (Phi) is 3.63. The van der Waals surface area contributed by atoms with Gasteiger partial charge in [-0.05, 0) is 12.6 Å². The topological polar surface area (TPSA) is 63.0 Å². The first-order chi connectivity index (χ1) is 11.3. The summed E-state index contributed by atoms with van der Waals surface area (Å²) in [6.07, 6.45) is 1.61. The number of fused-ring (bicyclic) bond motifs is 1. The molecule has 3 heterocycles. The van der Waals surface area contributed by atoms with Crippen LogP contribution in [0.15, 0.2) is 36.7 Å². The molecule has 1 aliphatic rings. The molecule has 0 amide bonds. The van der Waals surface area contributed by atoms with E-state index in [4.69, 9.17) is 0 Å². The van der Waals surface area contributed by atoms with E-state index in [2.05, 4.69) is 49.3 Å². The second-order valence-corrected chi connectivity index (χ2v) is 5.89. The number of hydrogen-bond acceptors (Lipinski definition) is 6. The lowest BCUT2D eigenvalue weighted by Gasteiger charge is -2.32. The molecule has 0 radical (unpaired) electrons. The van der Waals surface area contributed by atoms with Gasteiger partial charge in [0, 0.05) is 26.2 Å². The number of hydrogen-bond donors (Lipinski definition) is 0. The summed E-state index contributed by atoms with van der Waals surface area (Å²) in [7, 11) is 2.14. The van der Waals surface area contributed by atoms with Gasteiger partial charge >= 0.3 is 0 Å². The molecular weight excluding hydrogens is 290 g/mol. The Bertz CT molecular complexity index is 791. The minimum Gasteiger partial charge on any atom is -0.352 e. The van der Waals surface area contributed by atoms with Crippen molar-refractivity contribution in [2.24, 2.45) is 0 Å². The summed E-state index contributed by atoms with van der Waals surface area (Å²) < 4.78 is 1.84. The van der Waals surface area contributed by atoms with Gasteiger partial charge in [0.1, 0.15) is 6.33 Å². The summed E-state index contributed by atoms with van der Waals surface area (Å²) in [6, 6.07) is 10.2. The first-order valence-corrected chi connectivity index (χ1v) is 7.83. The molecule has 0 saturated carbocycles. The molecule has 3 aromatic rings. The van der Waals surface area contributed by atoms with Gasteiger partial charge in [-0.3, -0.25) is 0 Å². The number of aromatic nitrogens is 5. The van der Waals surface area contributed by atoms with Crippen LogP contribution in [0.2, 0.25) is 0 Å². The Morgan fingerprint density at radius 2 is 1.78 bits per heavy atom. The van der Waals surface area contributed by atoms with E-state index in [1.165, 1.54) is 5.56 Å². The molecule has 0 atom stereocenters. The zero-order valence-electron chi connectivity index (χ0n) is 13.1. The third-order valence-electron chi connectivity index (χ3n) is 4.26. The van der Waals surface area contributed by atoms with Crippen LogP contribution in [0.4, 0.5) is 5.82 Å². The summed E-state index contributed by atoms with van der Waals surface area (Å²) in [5, 5.41) is 8.63. The zero-order valence-corrected chi connectivity index (χ0v) is 13.1. The van der Waals surface area contributed by atoms with E-state index < -0.39 is 0 Å². The summed E-state index contributed by atoms with van der Waals surface area (Å²) in [6.45, 7) is 4.63. The highest BCUT2D eigenvalue weighted by molar-refractivity contribution is 5.82. The maximum Gasteiger partial charge on any atom is 0.184 e. The van der Waals surface area contributed by atoms with Gasteiger partial charge in [-0.15, -0.1) is 5.10 Å². The first-order valence-electron chi connectivity index (χ1n) is 7.83. The molecule has 2 aromatic heterocycles. The normalized spacial score (nSPS) is 16.1. The van der Waals surface area contributed by atoms with Gasteiger partial charge in [0.2, 0.25) is 0 Å². The van der Waals surface area contributed by atoms with E-state index in [0.29, 0.717) is 6.54 Å². The smallest absolute Gasteiger partial charge is 0.184 e. The predicted molar refractivity (Wildman–Crippen MR) is 88.4 cm³/mol.